The van der Waals surface area contributed by atoms with E-state index in [9.17, 15) is 9.59 Å². The maximum atomic E-state index is 12.6. The standard InChI is InChI=1S/C15H17ClN2O3/c1-9(2)7-18(8-12(19)20)15(21)14-13(16)10-5-3-4-6-11(10)17-14/h3-6,9,17H,7-8H2,1-2H3,(H,19,20). The van der Waals surface area contributed by atoms with Crippen molar-refractivity contribution in [1.29, 1.82) is 0 Å². The van der Waals surface area contributed by atoms with E-state index in [1.807, 2.05) is 38.1 Å². The number of amides is 1. The molecule has 2 aromatic rings. The van der Waals surface area contributed by atoms with E-state index < -0.39 is 11.9 Å². The number of halogens is 1. The van der Waals surface area contributed by atoms with Crippen molar-refractivity contribution in [3.63, 3.8) is 0 Å². The van der Waals surface area contributed by atoms with E-state index in [-0.39, 0.29) is 18.2 Å². The molecule has 112 valence electrons. The fourth-order valence-electron chi connectivity index (χ4n) is 2.24. The van der Waals surface area contributed by atoms with Gasteiger partial charge in [0.2, 0.25) is 0 Å². The molecule has 0 bridgehead atoms. The number of carbonyl (C=O) groups is 2. The van der Waals surface area contributed by atoms with Crippen molar-refractivity contribution in [2.24, 2.45) is 5.92 Å². The van der Waals surface area contributed by atoms with E-state index in [2.05, 4.69) is 4.98 Å². The highest BCUT2D eigenvalue weighted by Crippen LogP contribution is 2.28. The maximum absolute atomic E-state index is 12.6. The third-order valence-corrected chi connectivity index (χ3v) is 3.45. The van der Waals surface area contributed by atoms with Crippen molar-refractivity contribution < 1.29 is 14.7 Å². The van der Waals surface area contributed by atoms with Crippen LogP contribution in [0.5, 0.6) is 0 Å². The molecule has 21 heavy (non-hydrogen) atoms. The number of fused-ring (bicyclic) bond motifs is 1. The number of carboxylic acids is 1. The van der Waals surface area contributed by atoms with Crippen LogP contribution in [-0.2, 0) is 4.79 Å². The molecule has 0 aliphatic carbocycles. The van der Waals surface area contributed by atoms with Gasteiger partial charge in [0.25, 0.3) is 5.91 Å². The Bertz CT molecular complexity index is 679. The Morgan fingerprint density at radius 2 is 2.00 bits per heavy atom. The van der Waals surface area contributed by atoms with Crippen LogP contribution in [0.4, 0.5) is 0 Å². The molecule has 0 saturated heterocycles. The summed E-state index contributed by atoms with van der Waals surface area (Å²) < 4.78 is 0. The minimum atomic E-state index is -1.05. The van der Waals surface area contributed by atoms with Gasteiger partial charge >= 0.3 is 5.97 Å². The van der Waals surface area contributed by atoms with Gasteiger partial charge in [-0.15, -0.1) is 0 Å². The van der Waals surface area contributed by atoms with Crippen LogP contribution in [0.1, 0.15) is 24.3 Å². The topological polar surface area (TPSA) is 73.4 Å². The van der Waals surface area contributed by atoms with Gasteiger partial charge in [-0.2, -0.15) is 0 Å². The summed E-state index contributed by atoms with van der Waals surface area (Å²) in [5.74, 6) is -1.28. The summed E-state index contributed by atoms with van der Waals surface area (Å²) >= 11 is 6.24. The van der Waals surface area contributed by atoms with Crippen molar-refractivity contribution in [3.05, 3.63) is 35.0 Å². The van der Waals surface area contributed by atoms with Crippen molar-refractivity contribution >= 4 is 34.4 Å². The molecule has 2 rings (SSSR count). The Morgan fingerprint density at radius 3 is 2.57 bits per heavy atom. The molecular formula is C15H17ClN2O3. The molecule has 1 aromatic heterocycles. The number of nitrogens with one attached hydrogen (secondary N) is 1. The van der Waals surface area contributed by atoms with E-state index >= 15 is 0 Å². The number of aromatic nitrogens is 1. The minimum absolute atomic E-state index is 0.163. The summed E-state index contributed by atoms with van der Waals surface area (Å²) in [6.45, 7) is 3.86. The lowest BCUT2D eigenvalue weighted by Gasteiger charge is -2.22. The van der Waals surface area contributed by atoms with Crippen LogP contribution >= 0.6 is 11.6 Å². The van der Waals surface area contributed by atoms with Gasteiger partial charge in [-0.25, -0.2) is 0 Å². The van der Waals surface area contributed by atoms with Crippen LogP contribution in [-0.4, -0.2) is 40.0 Å². The average Bonchev–Trinajstić information content (AvgIpc) is 2.74. The average molecular weight is 309 g/mol. The lowest BCUT2D eigenvalue weighted by molar-refractivity contribution is -0.137. The molecule has 6 heteroatoms. The molecule has 5 nitrogen and oxygen atoms in total. The summed E-state index contributed by atoms with van der Waals surface area (Å²) in [4.78, 5) is 27.8. The zero-order chi connectivity index (χ0) is 15.6. The van der Waals surface area contributed by atoms with Crippen LogP contribution in [0.3, 0.4) is 0 Å². The molecule has 0 fully saturated rings. The monoisotopic (exact) mass is 308 g/mol. The molecule has 0 saturated carbocycles. The van der Waals surface area contributed by atoms with Gasteiger partial charge in [-0.05, 0) is 12.0 Å². The van der Waals surface area contributed by atoms with Crippen LogP contribution in [0.2, 0.25) is 5.02 Å². The van der Waals surface area contributed by atoms with Crippen molar-refractivity contribution in [3.8, 4) is 0 Å². The highest BCUT2D eigenvalue weighted by atomic mass is 35.5. The van der Waals surface area contributed by atoms with Crippen LogP contribution in [0.15, 0.2) is 24.3 Å². The van der Waals surface area contributed by atoms with E-state index in [1.165, 1.54) is 4.90 Å². The van der Waals surface area contributed by atoms with Crippen molar-refractivity contribution in [2.45, 2.75) is 13.8 Å². The molecule has 0 spiro atoms. The van der Waals surface area contributed by atoms with Gasteiger partial charge < -0.3 is 15.0 Å². The molecule has 0 unspecified atom stereocenters. The quantitative estimate of drug-likeness (QED) is 0.891. The number of aromatic amines is 1. The number of H-pyrrole nitrogens is 1. The first-order chi connectivity index (χ1) is 9.90. The number of aliphatic carboxylic acids is 1. The first-order valence-corrected chi connectivity index (χ1v) is 7.05. The highest BCUT2D eigenvalue weighted by molar-refractivity contribution is 6.38. The summed E-state index contributed by atoms with van der Waals surface area (Å²) in [6.07, 6.45) is 0. The molecule has 0 aliphatic heterocycles. The van der Waals surface area contributed by atoms with Gasteiger partial charge in [0.15, 0.2) is 0 Å². The minimum Gasteiger partial charge on any atom is -0.480 e. The second kappa shape index (κ2) is 6.18. The Hall–Kier alpha value is -2.01. The second-order valence-corrected chi connectivity index (χ2v) is 5.71. The summed E-state index contributed by atoms with van der Waals surface area (Å²) in [5.41, 5.74) is 0.991. The highest BCUT2D eigenvalue weighted by Gasteiger charge is 2.24. The second-order valence-electron chi connectivity index (χ2n) is 5.33. The zero-order valence-electron chi connectivity index (χ0n) is 11.9. The zero-order valence-corrected chi connectivity index (χ0v) is 12.6. The fraction of sp³-hybridized carbons (Fsp3) is 0.333. The number of carboxylic acid groups (broad SMARTS) is 1. The summed E-state index contributed by atoms with van der Waals surface area (Å²) in [6, 6.07) is 7.31. The lowest BCUT2D eigenvalue weighted by Crippen LogP contribution is -2.38. The fourth-order valence-corrected chi connectivity index (χ4v) is 2.53. The number of hydrogen-bond donors (Lipinski definition) is 2. The van der Waals surface area contributed by atoms with Crippen molar-refractivity contribution in [2.75, 3.05) is 13.1 Å². The number of para-hydroxylation sites is 1. The molecule has 0 aliphatic rings. The molecule has 1 amide bonds. The predicted molar refractivity (Wildman–Crippen MR) is 81.7 cm³/mol. The predicted octanol–water partition coefficient (Wildman–Crippen LogP) is 3.00. The van der Waals surface area contributed by atoms with Gasteiger partial charge in [0, 0.05) is 17.4 Å². The molecule has 0 atom stereocenters. The van der Waals surface area contributed by atoms with E-state index in [4.69, 9.17) is 16.7 Å². The van der Waals surface area contributed by atoms with E-state index in [1.54, 1.807) is 0 Å². The first kappa shape index (κ1) is 15.4. The van der Waals surface area contributed by atoms with Gasteiger partial charge in [0.1, 0.15) is 12.2 Å². The Balaban J connectivity index is 2.38. The van der Waals surface area contributed by atoms with Crippen molar-refractivity contribution in [1.82, 2.24) is 9.88 Å². The van der Waals surface area contributed by atoms with Gasteiger partial charge in [-0.3, -0.25) is 9.59 Å². The Morgan fingerprint density at radius 1 is 1.33 bits per heavy atom. The molecule has 0 radical (unpaired) electrons. The number of carbonyl (C=O) groups excluding carboxylic acids is 1. The molecular weight excluding hydrogens is 292 g/mol. The number of rotatable bonds is 5. The van der Waals surface area contributed by atoms with Crippen LogP contribution < -0.4 is 0 Å². The number of benzene rings is 1. The SMILES string of the molecule is CC(C)CN(CC(=O)O)C(=O)c1[nH]c2ccccc2c1Cl. The lowest BCUT2D eigenvalue weighted by atomic mass is 10.2. The Labute approximate surface area is 127 Å². The molecule has 1 aromatic carbocycles. The van der Waals surface area contributed by atoms with Crippen LogP contribution in [0, 0.1) is 5.92 Å². The third-order valence-electron chi connectivity index (χ3n) is 3.06. The van der Waals surface area contributed by atoms with E-state index in [0.29, 0.717) is 11.6 Å². The third kappa shape index (κ3) is 3.36. The number of nitrogens with zero attached hydrogens (tertiary/aromatic N) is 1. The normalized spacial score (nSPS) is 11.0. The van der Waals surface area contributed by atoms with E-state index in [0.717, 1.165) is 10.9 Å². The molecule has 2 N–H and O–H groups in total. The van der Waals surface area contributed by atoms with Gasteiger partial charge in [0.05, 0.1) is 5.02 Å². The largest absolute Gasteiger partial charge is 0.480 e. The number of hydrogen-bond acceptors (Lipinski definition) is 2. The summed E-state index contributed by atoms with van der Waals surface area (Å²) in [7, 11) is 0. The summed E-state index contributed by atoms with van der Waals surface area (Å²) in [5, 5.41) is 10.0. The molecule has 1 heterocycles. The maximum Gasteiger partial charge on any atom is 0.323 e. The Kier molecular flexibility index (Phi) is 4.53. The van der Waals surface area contributed by atoms with Crippen LogP contribution in [0.25, 0.3) is 10.9 Å². The smallest absolute Gasteiger partial charge is 0.323 e. The van der Waals surface area contributed by atoms with Gasteiger partial charge in [-0.1, -0.05) is 43.6 Å². The first-order valence-electron chi connectivity index (χ1n) is 6.67.